The first-order chi connectivity index (χ1) is 8.00. The van der Waals surface area contributed by atoms with Crippen LogP contribution >= 0.6 is 0 Å². The molecule has 17 heavy (non-hydrogen) atoms. The molecular formula is C13H15N3O. The van der Waals surface area contributed by atoms with Gasteiger partial charge in [0.2, 0.25) is 0 Å². The average Bonchev–Trinajstić information content (AvgIpc) is 2.70. The van der Waals surface area contributed by atoms with Crippen molar-refractivity contribution >= 4 is 22.5 Å². The van der Waals surface area contributed by atoms with Crippen molar-refractivity contribution in [2.24, 2.45) is 0 Å². The number of hydrogen-bond donors (Lipinski definition) is 2. The zero-order valence-corrected chi connectivity index (χ0v) is 10.2. The lowest BCUT2D eigenvalue weighted by Gasteiger charge is -2.13. The molecule has 0 aliphatic rings. The van der Waals surface area contributed by atoms with Crippen molar-refractivity contribution in [3.05, 3.63) is 35.5 Å². The number of hydrogen-bond acceptors (Lipinski definition) is 2. The van der Waals surface area contributed by atoms with Crippen LogP contribution in [0.4, 0.5) is 0 Å². The first-order valence-corrected chi connectivity index (χ1v) is 5.39. The molecule has 88 valence electrons. The molecule has 0 spiro atoms. The monoisotopic (exact) mass is 229 g/mol. The van der Waals surface area contributed by atoms with E-state index in [1.54, 1.807) is 18.0 Å². The minimum Gasteiger partial charge on any atom is -0.363 e. The fraction of sp³-hybridized carbons (Fsp3) is 0.231. The number of nitrogens with one attached hydrogen (secondary N) is 2. The van der Waals surface area contributed by atoms with E-state index in [-0.39, 0.29) is 5.78 Å². The third kappa shape index (κ3) is 1.93. The van der Waals surface area contributed by atoms with Crippen LogP contribution in [-0.2, 0) is 0 Å². The van der Waals surface area contributed by atoms with E-state index >= 15 is 0 Å². The number of aromatic nitrogens is 1. The molecule has 0 fully saturated rings. The Morgan fingerprint density at radius 1 is 1.35 bits per heavy atom. The molecule has 1 aromatic carbocycles. The summed E-state index contributed by atoms with van der Waals surface area (Å²) in [4.78, 5) is 16.2. The molecule has 2 rings (SSSR count). The number of nitrogens with zero attached hydrogens (tertiary/aromatic N) is 1. The van der Waals surface area contributed by atoms with Crippen LogP contribution in [0.1, 0.15) is 22.8 Å². The van der Waals surface area contributed by atoms with Gasteiger partial charge in [-0.3, -0.25) is 10.2 Å². The summed E-state index contributed by atoms with van der Waals surface area (Å²) in [5.41, 5.74) is 2.42. The molecule has 1 heterocycles. The molecule has 0 bridgehead atoms. The van der Waals surface area contributed by atoms with Gasteiger partial charge >= 0.3 is 0 Å². The summed E-state index contributed by atoms with van der Waals surface area (Å²) in [6.07, 6.45) is 1.72. The predicted molar refractivity (Wildman–Crippen MR) is 68.8 cm³/mol. The maximum atomic E-state index is 11.4. The summed E-state index contributed by atoms with van der Waals surface area (Å²) in [6, 6.07) is 5.64. The van der Waals surface area contributed by atoms with Gasteiger partial charge in [0.1, 0.15) is 5.84 Å². The normalized spacial score (nSPS) is 10.5. The van der Waals surface area contributed by atoms with E-state index in [2.05, 4.69) is 4.98 Å². The van der Waals surface area contributed by atoms with Gasteiger partial charge in [-0.2, -0.15) is 0 Å². The molecule has 4 heteroatoms. The Balaban J connectivity index is 2.53. The van der Waals surface area contributed by atoms with Crippen LogP contribution in [0.2, 0.25) is 0 Å². The summed E-state index contributed by atoms with van der Waals surface area (Å²) in [5, 5.41) is 8.81. The van der Waals surface area contributed by atoms with E-state index in [1.807, 2.05) is 32.3 Å². The molecule has 4 nitrogen and oxygen atoms in total. The maximum absolute atomic E-state index is 11.4. The van der Waals surface area contributed by atoms with E-state index < -0.39 is 0 Å². The number of fused-ring (bicyclic) bond motifs is 1. The summed E-state index contributed by atoms with van der Waals surface area (Å²) >= 11 is 0. The second-order valence-electron chi connectivity index (χ2n) is 4.26. The van der Waals surface area contributed by atoms with Crippen molar-refractivity contribution in [2.75, 3.05) is 14.1 Å². The Hall–Kier alpha value is -2.10. The predicted octanol–water partition coefficient (Wildman–Crippen LogP) is 2.26. The van der Waals surface area contributed by atoms with Gasteiger partial charge in [-0.1, -0.05) is 12.1 Å². The average molecular weight is 229 g/mol. The molecule has 1 aromatic heterocycles. The highest BCUT2D eigenvalue weighted by atomic mass is 16.1. The van der Waals surface area contributed by atoms with Gasteiger partial charge in [0.05, 0.1) is 0 Å². The van der Waals surface area contributed by atoms with Crippen LogP contribution in [0.3, 0.4) is 0 Å². The van der Waals surface area contributed by atoms with Gasteiger partial charge in [-0.15, -0.1) is 0 Å². The van der Waals surface area contributed by atoms with Gasteiger partial charge < -0.3 is 9.88 Å². The lowest BCUT2D eigenvalue weighted by molar-refractivity contribution is 0.101. The summed E-state index contributed by atoms with van der Waals surface area (Å²) in [5.74, 6) is 0.498. The standard InChI is InChI=1S/C13H15N3O/c1-8(17)11-7-15-12-6-9(4-5-10(11)12)13(14)16(2)3/h4-7,14-15H,1-3H3. The topological polar surface area (TPSA) is 60.0 Å². The zero-order valence-electron chi connectivity index (χ0n) is 10.2. The van der Waals surface area contributed by atoms with Crippen LogP contribution in [0.15, 0.2) is 24.4 Å². The summed E-state index contributed by atoms with van der Waals surface area (Å²) < 4.78 is 0. The van der Waals surface area contributed by atoms with E-state index in [1.165, 1.54) is 0 Å². The molecule has 2 aromatic rings. The zero-order chi connectivity index (χ0) is 12.6. The highest BCUT2D eigenvalue weighted by Crippen LogP contribution is 2.20. The fourth-order valence-electron chi connectivity index (χ4n) is 1.82. The van der Waals surface area contributed by atoms with Crippen molar-refractivity contribution in [3.63, 3.8) is 0 Å². The minimum absolute atomic E-state index is 0.0479. The Kier molecular flexibility index (Phi) is 2.71. The molecular weight excluding hydrogens is 214 g/mol. The number of benzene rings is 1. The lowest BCUT2D eigenvalue weighted by Crippen LogP contribution is -2.21. The second kappa shape index (κ2) is 4.05. The van der Waals surface area contributed by atoms with E-state index in [0.717, 1.165) is 16.5 Å². The second-order valence-corrected chi connectivity index (χ2v) is 4.26. The van der Waals surface area contributed by atoms with Gasteiger partial charge in [-0.25, -0.2) is 0 Å². The van der Waals surface area contributed by atoms with Crippen LogP contribution < -0.4 is 0 Å². The molecule has 2 N–H and O–H groups in total. The molecule has 0 radical (unpaired) electrons. The highest BCUT2D eigenvalue weighted by molar-refractivity contribution is 6.08. The summed E-state index contributed by atoms with van der Waals surface area (Å²) in [6.45, 7) is 1.55. The quantitative estimate of drug-likeness (QED) is 0.471. The Labute approximate surface area is 99.8 Å². The SMILES string of the molecule is CC(=O)c1c[nH]c2cc(C(=N)N(C)C)ccc12. The number of rotatable bonds is 2. The van der Waals surface area contributed by atoms with E-state index in [0.29, 0.717) is 11.4 Å². The molecule has 0 saturated heterocycles. The third-order valence-electron chi connectivity index (χ3n) is 2.78. The van der Waals surface area contributed by atoms with Crippen LogP contribution in [0.5, 0.6) is 0 Å². The number of amidine groups is 1. The number of H-pyrrole nitrogens is 1. The molecule has 0 saturated carbocycles. The Morgan fingerprint density at radius 2 is 2.06 bits per heavy atom. The Bertz CT molecular complexity index is 596. The molecule has 0 aliphatic carbocycles. The molecule has 0 unspecified atom stereocenters. The summed E-state index contributed by atoms with van der Waals surface area (Å²) in [7, 11) is 3.67. The van der Waals surface area contributed by atoms with Gasteiger partial charge in [0, 0.05) is 42.3 Å². The number of carbonyl (C=O) groups excluding carboxylic acids is 1. The maximum Gasteiger partial charge on any atom is 0.161 e. The minimum atomic E-state index is 0.0479. The number of Topliss-reactive ketones (excluding diaryl/α,β-unsaturated/α-hetero) is 1. The van der Waals surface area contributed by atoms with Crippen molar-refractivity contribution < 1.29 is 4.79 Å². The van der Waals surface area contributed by atoms with Crippen LogP contribution in [0, 0.1) is 5.41 Å². The first-order valence-electron chi connectivity index (χ1n) is 5.39. The van der Waals surface area contributed by atoms with Crippen molar-refractivity contribution in [3.8, 4) is 0 Å². The van der Waals surface area contributed by atoms with E-state index in [4.69, 9.17) is 5.41 Å². The number of aromatic amines is 1. The first kappa shape index (κ1) is 11.4. The van der Waals surface area contributed by atoms with Crippen molar-refractivity contribution in [2.45, 2.75) is 6.92 Å². The molecule has 0 amide bonds. The smallest absolute Gasteiger partial charge is 0.161 e. The largest absolute Gasteiger partial charge is 0.363 e. The van der Waals surface area contributed by atoms with Gasteiger partial charge in [0.25, 0.3) is 0 Å². The van der Waals surface area contributed by atoms with Crippen LogP contribution in [0.25, 0.3) is 10.9 Å². The number of carbonyl (C=O) groups is 1. The fourth-order valence-corrected chi connectivity index (χ4v) is 1.82. The van der Waals surface area contributed by atoms with Crippen molar-refractivity contribution in [1.82, 2.24) is 9.88 Å². The van der Waals surface area contributed by atoms with Gasteiger partial charge in [0.15, 0.2) is 5.78 Å². The van der Waals surface area contributed by atoms with E-state index in [9.17, 15) is 4.79 Å². The van der Waals surface area contributed by atoms with Crippen molar-refractivity contribution in [1.29, 1.82) is 5.41 Å². The highest BCUT2D eigenvalue weighted by Gasteiger charge is 2.10. The molecule has 0 atom stereocenters. The van der Waals surface area contributed by atoms with Crippen LogP contribution in [-0.4, -0.2) is 35.6 Å². The molecule has 0 aliphatic heterocycles. The lowest BCUT2D eigenvalue weighted by atomic mass is 10.1. The Morgan fingerprint density at radius 3 is 2.65 bits per heavy atom. The number of ketones is 1. The van der Waals surface area contributed by atoms with Gasteiger partial charge in [-0.05, 0) is 13.0 Å². The third-order valence-corrected chi connectivity index (χ3v) is 2.78.